The molecule has 0 aliphatic carbocycles. The Balaban J connectivity index is 1.32. The fraction of sp³-hybridized carbons (Fsp3) is 0.400. The van der Waals surface area contributed by atoms with Gasteiger partial charge in [0.25, 0.3) is 0 Å². The Labute approximate surface area is 167 Å². The first kappa shape index (κ1) is 18.5. The number of hydrogen-bond acceptors (Lipinski definition) is 6. The highest BCUT2D eigenvalue weighted by molar-refractivity contribution is 8.01. The van der Waals surface area contributed by atoms with Crippen LogP contribution >= 0.6 is 23.1 Å². The Morgan fingerprint density at radius 2 is 2.07 bits per heavy atom. The number of amides is 1. The second kappa shape index (κ2) is 8.91. The smallest absolute Gasteiger partial charge is 0.230 e. The van der Waals surface area contributed by atoms with Crippen LogP contribution in [0.2, 0.25) is 0 Å². The Hall–Kier alpha value is -1.83. The number of piperidine rings is 1. The van der Waals surface area contributed by atoms with E-state index in [0.29, 0.717) is 12.3 Å². The van der Waals surface area contributed by atoms with E-state index in [-0.39, 0.29) is 11.9 Å². The molecule has 1 aliphatic heterocycles. The number of carbonyl (C=O) groups is 1. The third-order valence-electron chi connectivity index (χ3n) is 4.80. The fourth-order valence-electron chi connectivity index (χ4n) is 3.42. The van der Waals surface area contributed by atoms with Crippen LogP contribution in [0.5, 0.6) is 0 Å². The van der Waals surface area contributed by atoms with Crippen molar-refractivity contribution in [2.24, 2.45) is 0 Å². The summed E-state index contributed by atoms with van der Waals surface area (Å²) < 4.78 is 7.73. The number of benzene rings is 1. The summed E-state index contributed by atoms with van der Waals surface area (Å²) in [6, 6.07) is 12.1. The maximum absolute atomic E-state index is 12.4. The Kier molecular flexibility index (Phi) is 6.11. The molecule has 7 heteroatoms. The van der Waals surface area contributed by atoms with Crippen LogP contribution in [0.3, 0.4) is 0 Å². The van der Waals surface area contributed by atoms with Crippen LogP contribution < -0.4 is 5.32 Å². The highest BCUT2D eigenvalue weighted by Crippen LogP contribution is 2.29. The number of para-hydroxylation sites is 1. The third kappa shape index (κ3) is 4.72. The molecule has 0 spiro atoms. The minimum Gasteiger partial charge on any atom is -0.468 e. The molecule has 1 saturated heterocycles. The number of thiazole rings is 1. The van der Waals surface area contributed by atoms with Crippen molar-refractivity contribution in [2.75, 3.05) is 25.4 Å². The number of nitrogens with one attached hydrogen (secondary N) is 1. The fourth-order valence-corrected chi connectivity index (χ4v) is 5.32. The number of nitrogens with zero attached hydrogens (tertiary/aromatic N) is 2. The quantitative estimate of drug-likeness (QED) is 0.597. The molecular weight excluding hydrogens is 378 g/mol. The topological polar surface area (TPSA) is 58.4 Å². The van der Waals surface area contributed by atoms with Crippen LogP contribution in [0.25, 0.3) is 10.2 Å². The van der Waals surface area contributed by atoms with Gasteiger partial charge in [-0.2, -0.15) is 0 Å². The second-order valence-corrected chi connectivity index (χ2v) is 8.92. The predicted octanol–water partition coefficient (Wildman–Crippen LogP) is 4.32. The summed E-state index contributed by atoms with van der Waals surface area (Å²) in [6.07, 6.45) is 5.40. The number of furan rings is 1. The standard InChI is InChI=1S/C20H23N3O2S2/c24-19(14-26-20-22-15-7-2-3-9-18(15)27-20)21-13-16(17-8-6-12-25-17)23-10-4-1-5-11-23/h2-3,6-9,12,16H,1,4-5,10-11,13-14H2,(H,21,24). The van der Waals surface area contributed by atoms with E-state index in [1.807, 2.05) is 30.3 Å². The molecule has 0 bridgehead atoms. The normalized spacial score (nSPS) is 16.4. The van der Waals surface area contributed by atoms with Gasteiger partial charge in [-0.15, -0.1) is 11.3 Å². The van der Waals surface area contributed by atoms with Crippen LogP contribution in [-0.4, -0.2) is 41.2 Å². The molecule has 4 rings (SSSR count). The zero-order valence-electron chi connectivity index (χ0n) is 15.1. The maximum atomic E-state index is 12.4. The Morgan fingerprint density at radius 3 is 2.85 bits per heavy atom. The van der Waals surface area contributed by atoms with Crippen molar-refractivity contribution in [1.82, 2.24) is 15.2 Å². The van der Waals surface area contributed by atoms with Gasteiger partial charge < -0.3 is 9.73 Å². The van der Waals surface area contributed by atoms with Crippen molar-refractivity contribution in [3.8, 4) is 0 Å². The molecule has 0 radical (unpaired) electrons. The first-order valence-electron chi connectivity index (χ1n) is 9.32. The van der Waals surface area contributed by atoms with E-state index < -0.39 is 0 Å². The van der Waals surface area contributed by atoms with Gasteiger partial charge in [0.05, 0.1) is 28.3 Å². The van der Waals surface area contributed by atoms with Crippen molar-refractivity contribution in [3.63, 3.8) is 0 Å². The Morgan fingerprint density at radius 1 is 1.22 bits per heavy atom. The Bertz CT molecular complexity index is 839. The van der Waals surface area contributed by atoms with Gasteiger partial charge in [0, 0.05) is 6.54 Å². The van der Waals surface area contributed by atoms with Crippen LogP contribution in [-0.2, 0) is 4.79 Å². The van der Waals surface area contributed by atoms with E-state index >= 15 is 0 Å². The molecule has 1 fully saturated rings. The molecule has 1 amide bonds. The van der Waals surface area contributed by atoms with Gasteiger partial charge in [0.15, 0.2) is 4.34 Å². The number of fused-ring (bicyclic) bond motifs is 1. The summed E-state index contributed by atoms with van der Waals surface area (Å²) in [5, 5.41) is 3.09. The van der Waals surface area contributed by atoms with Gasteiger partial charge in [0.2, 0.25) is 5.91 Å². The van der Waals surface area contributed by atoms with E-state index in [1.165, 1.54) is 31.0 Å². The molecule has 1 N–H and O–H groups in total. The molecule has 1 aromatic carbocycles. The lowest BCUT2D eigenvalue weighted by molar-refractivity contribution is -0.118. The van der Waals surface area contributed by atoms with Crippen molar-refractivity contribution in [2.45, 2.75) is 29.6 Å². The van der Waals surface area contributed by atoms with Crippen molar-refractivity contribution in [1.29, 1.82) is 0 Å². The monoisotopic (exact) mass is 401 g/mol. The summed E-state index contributed by atoms with van der Waals surface area (Å²) in [5.74, 6) is 1.34. The van der Waals surface area contributed by atoms with Gasteiger partial charge in [-0.05, 0) is 50.2 Å². The van der Waals surface area contributed by atoms with Crippen molar-refractivity contribution < 1.29 is 9.21 Å². The summed E-state index contributed by atoms with van der Waals surface area (Å²) in [7, 11) is 0. The average Bonchev–Trinajstić information content (AvgIpc) is 3.37. The SMILES string of the molecule is O=C(CSc1nc2ccccc2s1)NCC(c1ccco1)N1CCCCC1. The number of rotatable bonds is 7. The number of hydrogen-bond donors (Lipinski definition) is 1. The van der Waals surface area contributed by atoms with Crippen LogP contribution in [0.15, 0.2) is 51.4 Å². The molecule has 27 heavy (non-hydrogen) atoms. The number of aromatic nitrogens is 1. The second-order valence-electron chi connectivity index (χ2n) is 6.67. The van der Waals surface area contributed by atoms with E-state index in [4.69, 9.17) is 4.42 Å². The van der Waals surface area contributed by atoms with Crippen molar-refractivity contribution >= 4 is 39.2 Å². The first-order chi connectivity index (χ1) is 13.3. The molecule has 3 heterocycles. The van der Waals surface area contributed by atoms with Gasteiger partial charge >= 0.3 is 0 Å². The average molecular weight is 402 g/mol. The lowest BCUT2D eigenvalue weighted by Crippen LogP contribution is -2.40. The van der Waals surface area contributed by atoms with E-state index in [0.717, 1.165) is 33.4 Å². The molecule has 1 unspecified atom stereocenters. The van der Waals surface area contributed by atoms with Crippen LogP contribution in [0, 0.1) is 0 Å². The van der Waals surface area contributed by atoms with E-state index in [1.54, 1.807) is 17.6 Å². The van der Waals surface area contributed by atoms with Crippen LogP contribution in [0.1, 0.15) is 31.1 Å². The van der Waals surface area contributed by atoms with E-state index in [2.05, 4.69) is 21.3 Å². The first-order valence-corrected chi connectivity index (χ1v) is 11.1. The summed E-state index contributed by atoms with van der Waals surface area (Å²) in [6.45, 7) is 2.69. The predicted molar refractivity (Wildman–Crippen MR) is 110 cm³/mol. The van der Waals surface area contributed by atoms with Crippen molar-refractivity contribution in [3.05, 3.63) is 48.4 Å². The molecular formula is C20H23N3O2S2. The highest BCUT2D eigenvalue weighted by atomic mass is 32.2. The van der Waals surface area contributed by atoms with E-state index in [9.17, 15) is 4.79 Å². The van der Waals surface area contributed by atoms with Gasteiger partial charge in [-0.3, -0.25) is 9.69 Å². The van der Waals surface area contributed by atoms with Gasteiger partial charge in [-0.25, -0.2) is 4.98 Å². The zero-order chi connectivity index (χ0) is 18.5. The third-order valence-corrected chi connectivity index (χ3v) is 6.98. The largest absolute Gasteiger partial charge is 0.468 e. The molecule has 3 aromatic rings. The molecule has 2 aromatic heterocycles. The molecule has 1 aliphatic rings. The summed E-state index contributed by atoms with van der Waals surface area (Å²) >= 11 is 3.13. The zero-order valence-corrected chi connectivity index (χ0v) is 16.7. The van der Waals surface area contributed by atoms with Crippen LogP contribution in [0.4, 0.5) is 0 Å². The minimum absolute atomic E-state index is 0.0350. The lowest BCUT2D eigenvalue weighted by Gasteiger charge is -2.33. The molecule has 142 valence electrons. The number of likely N-dealkylation sites (tertiary alicyclic amines) is 1. The van der Waals surface area contributed by atoms with Gasteiger partial charge in [0.1, 0.15) is 5.76 Å². The minimum atomic E-state index is 0.0350. The number of carbonyl (C=O) groups excluding carboxylic acids is 1. The molecule has 1 atom stereocenters. The summed E-state index contributed by atoms with van der Waals surface area (Å²) in [4.78, 5) is 19.4. The summed E-state index contributed by atoms with van der Waals surface area (Å²) in [5.41, 5.74) is 0.994. The van der Waals surface area contributed by atoms with Gasteiger partial charge in [-0.1, -0.05) is 30.3 Å². The maximum Gasteiger partial charge on any atom is 0.230 e. The lowest BCUT2D eigenvalue weighted by atomic mass is 10.1. The molecule has 0 saturated carbocycles. The highest BCUT2D eigenvalue weighted by Gasteiger charge is 2.24. The number of thioether (sulfide) groups is 1. The molecule has 5 nitrogen and oxygen atoms in total.